The molecule has 0 aromatic carbocycles. The molecule has 0 aliphatic heterocycles. The summed E-state index contributed by atoms with van der Waals surface area (Å²) in [5, 5.41) is 0. The molecule has 18 heavy (non-hydrogen) atoms. The first-order valence-electron chi connectivity index (χ1n) is 7.44. The fourth-order valence-electron chi connectivity index (χ4n) is 2.88. The second-order valence-corrected chi connectivity index (χ2v) is 7.04. The molecule has 0 aliphatic carbocycles. The Labute approximate surface area is 114 Å². The summed E-state index contributed by atoms with van der Waals surface area (Å²) in [4.78, 5) is 12.7. The molecule has 2 heteroatoms. The number of rotatable bonds is 9. The van der Waals surface area contributed by atoms with E-state index in [9.17, 15) is 4.79 Å². The van der Waals surface area contributed by atoms with Gasteiger partial charge in [-0.25, -0.2) is 0 Å². The lowest BCUT2D eigenvalue weighted by Crippen LogP contribution is -2.37. The fourth-order valence-corrected chi connectivity index (χ4v) is 2.88. The lowest BCUT2D eigenvalue weighted by molar-refractivity contribution is -0.133. The molecule has 0 bridgehead atoms. The van der Waals surface area contributed by atoms with Crippen molar-refractivity contribution in [2.45, 2.75) is 73.6 Å². The van der Waals surface area contributed by atoms with Crippen LogP contribution in [0, 0.1) is 16.7 Å². The zero-order valence-electron chi connectivity index (χ0n) is 13.3. The van der Waals surface area contributed by atoms with E-state index in [4.69, 9.17) is 5.73 Å². The molecule has 0 saturated carbocycles. The molecule has 108 valence electrons. The van der Waals surface area contributed by atoms with Gasteiger partial charge in [0.15, 0.2) is 0 Å². The number of carbonyl (C=O) groups is 1. The van der Waals surface area contributed by atoms with E-state index in [2.05, 4.69) is 41.5 Å². The Morgan fingerprint density at radius 1 is 1.17 bits per heavy atom. The molecule has 0 fully saturated rings. The maximum absolute atomic E-state index is 12.7. The molecular formula is C16H33NO. The predicted octanol–water partition coefficient (Wildman–Crippen LogP) is 4.17. The van der Waals surface area contributed by atoms with Crippen molar-refractivity contribution in [3.8, 4) is 0 Å². The second-order valence-electron chi connectivity index (χ2n) is 7.04. The van der Waals surface area contributed by atoms with E-state index in [1.54, 1.807) is 0 Å². The van der Waals surface area contributed by atoms with Crippen LogP contribution < -0.4 is 5.73 Å². The van der Waals surface area contributed by atoms with Gasteiger partial charge in [-0.2, -0.15) is 0 Å². The van der Waals surface area contributed by atoms with Crippen LogP contribution >= 0.6 is 0 Å². The summed E-state index contributed by atoms with van der Waals surface area (Å²) in [6.45, 7) is 13.4. The zero-order chi connectivity index (χ0) is 14.4. The zero-order valence-corrected chi connectivity index (χ0v) is 13.3. The quantitative estimate of drug-likeness (QED) is 0.672. The van der Waals surface area contributed by atoms with E-state index >= 15 is 0 Å². The summed E-state index contributed by atoms with van der Waals surface area (Å²) < 4.78 is 0. The lowest BCUT2D eigenvalue weighted by atomic mass is 9.69. The molecular weight excluding hydrogens is 222 g/mol. The highest BCUT2D eigenvalue weighted by atomic mass is 16.1. The van der Waals surface area contributed by atoms with E-state index in [1.807, 2.05) is 0 Å². The molecule has 2 N–H and O–H groups in total. The Morgan fingerprint density at radius 2 is 1.72 bits per heavy atom. The molecule has 0 aromatic heterocycles. The van der Waals surface area contributed by atoms with Gasteiger partial charge in [-0.15, -0.1) is 0 Å². The van der Waals surface area contributed by atoms with Crippen molar-refractivity contribution in [2.24, 2.45) is 22.5 Å². The maximum Gasteiger partial charge on any atom is 0.141 e. The van der Waals surface area contributed by atoms with Crippen LogP contribution in [-0.4, -0.2) is 12.3 Å². The van der Waals surface area contributed by atoms with Crippen molar-refractivity contribution in [2.75, 3.05) is 6.54 Å². The minimum absolute atomic E-state index is 0.0439. The van der Waals surface area contributed by atoms with Crippen LogP contribution in [0.5, 0.6) is 0 Å². The number of hydrogen-bond donors (Lipinski definition) is 1. The van der Waals surface area contributed by atoms with Crippen molar-refractivity contribution in [3.05, 3.63) is 0 Å². The molecule has 2 nitrogen and oxygen atoms in total. The third-order valence-electron chi connectivity index (χ3n) is 3.91. The molecule has 0 aliphatic rings. The summed E-state index contributed by atoms with van der Waals surface area (Å²) in [7, 11) is 0. The molecule has 0 saturated heterocycles. The standard InChI is InChI=1S/C16H33NO/c1-7-9-10-13(8-2)14(18)16(5,6)11-15(3,4)12-17/h13H,7-12,17H2,1-6H3. The Morgan fingerprint density at radius 3 is 2.11 bits per heavy atom. The lowest BCUT2D eigenvalue weighted by Gasteiger charge is -2.35. The average molecular weight is 255 g/mol. The highest BCUT2D eigenvalue weighted by Gasteiger charge is 2.36. The molecule has 0 aromatic rings. The van der Waals surface area contributed by atoms with E-state index < -0.39 is 0 Å². The van der Waals surface area contributed by atoms with E-state index in [0.29, 0.717) is 12.3 Å². The SMILES string of the molecule is CCCCC(CC)C(=O)C(C)(C)CC(C)(C)CN. The van der Waals surface area contributed by atoms with Gasteiger partial charge in [0.05, 0.1) is 0 Å². The van der Waals surface area contributed by atoms with Gasteiger partial charge in [-0.05, 0) is 31.2 Å². The maximum atomic E-state index is 12.7. The van der Waals surface area contributed by atoms with Gasteiger partial charge in [-0.1, -0.05) is 54.4 Å². The van der Waals surface area contributed by atoms with Crippen LogP contribution in [0.15, 0.2) is 0 Å². The van der Waals surface area contributed by atoms with Gasteiger partial charge in [-0.3, -0.25) is 4.79 Å². The monoisotopic (exact) mass is 255 g/mol. The summed E-state index contributed by atoms with van der Waals surface area (Å²) in [5.41, 5.74) is 5.58. The van der Waals surface area contributed by atoms with Crippen molar-refractivity contribution in [3.63, 3.8) is 0 Å². The Kier molecular flexibility index (Phi) is 7.13. The summed E-state index contributed by atoms with van der Waals surface area (Å²) in [6, 6.07) is 0. The number of unbranched alkanes of at least 4 members (excludes halogenated alkanes) is 1. The minimum Gasteiger partial charge on any atom is -0.330 e. The number of hydrogen-bond acceptors (Lipinski definition) is 2. The molecule has 0 heterocycles. The number of carbonyl (C=O) groups excluding carboxylic acids is 1. The first-order chi connectivity index (χ1) is 8.20. The van der Waals surface area contributed by atoms with E-state index in [0.717, 1.165) is 25.7 Å². The van der Waals surface area contributed by atoms with Gasteiger partial charge in [0, 0.05) is 11.3 Å². The molecule has 0 radical (unpaired) electrons. The predicted molar refractivity (Wildman–Crippen MR) is 79.5 cm³/mol. The van der Waals surface area contributed by atoms with E-state index in [1.165, 1.54) is 6.42 Å². The number of Topliss-reactive ketones (excluding diaryl/α,β-unsaturated/α-hetero) is 1. The number of nitrogens with two attached hydrogens (primary N) is 1. The van der Waals surface area contributed by atoms with Crippen LogP contribution in [0.25, 0.3) is 0 Å². The molecule has 1 atom stereocenters. The first-order valence-corrected chi connectivity index (χ1v) is 7.44. The highest BCUT2D eigenvalue weighted by Crippen LogP contribution is 2.37. The van der Waals surface area contributed by atoms with Crippen molar-refractivity contribution >= 4 is 5.78 Å². The molecule has 0 spiro atoms. The molecule has 0 amide bonds. The molecule has 0 rings (SSSR count). The minimum atomic E-state index is -0.253. The summed E-state index contributed by atoms with van der Waals surface area (Å²) >= 11 is 0. The number of ketones is 1. The normalized spacial score (nSPS) is 14.6. The van der Waals surface area contributed by atoms with Crippen molar-refractivity contribution in [1.82, 2.24) is 0 Å². The van der Waals surface area contributed by atoms with Crippen molar-refractivity contribution in [1.29, 1.82) is 0 Å². The Hall–Kier alpha value is -0.370. The average Bonchev–Trinajstić information content (AvgIpc) is 2.28. The van der Waals surface area contributed by atoms with Crippen LogP contribution in [0.2, 0.25) is 0 Å². The summed E-state index contributed by atoms with van der Waals surface area (Å²) in [5.74, 6) is 0.661. The largest absolute Gasteiger partial charge is 0.330 e. The van der Waals surface area contributed by atoms with Gasteiger partial charge in [0.2, 0.25) is 0 Å². The highest BCUT2D eigenvalue weighted by molar-refractivity contribution is 5.86. The Bertz CT molecular complexity index is 256. The Balaban J connectivity index is 4.70. The topological polar surface area (TPSA) is 43.1 Å². The van der Waals surface area contributed by atoms with Gasteiger partial charge in [0.1, 0.15) is 5.78 Å². The third kappa shape index (κ3) is 5.51. The van der Waals surface area contributed by atoms with Crippen LogP contribution in [0.3, 0.4) is 0 Å². The summed E-state index contributed by atoms with van der Waals surface area (Å²) in [6.07, 6.45) is 5.20. The second kappa shape index (κ2) is 7.28. The smallest absolute Gasteiger partial charge is 0.141 e. The first kappa shape index (κ1) is 17.6. The van der Waals surface area contributed by atoms with Gasteiger partial charge in [0.25, 0.3) is 0 Å². The fraction of sp³-hybridized carbons (Fsp3) is 0.938. The molecule has 1 unspecified atom stereocenters. The van der Waals surface area contributed by atoms with Crippen LogP contribution in [-0.2, 0) is 4.79 Å². The van der Waals surface area contributed by atoms with Gasteiger partial charge < -0.3 is 5.73 Å². The van der Waals surface area contributed by atoms with Gasteiger partial charge >= 0.3 is 0 Å². The van der Waals surface area contributed by atoms with Crippen LogP contribution in [0.4, 0.5) is 0 Å². The van der Waals surface area contributed by atoms with Crippen LogP contribution in [0.1, 0.15) is 73.6 Å². The third-order valence-corrected chi connectivity index (χ3v) is 3.91. The van der Waals surface area contributed by atoms with E-state index in [-0.39, 0.29) is 16.7 Å². The van der Waals surface area contributed by atoms with Crippen molar-refractivity contribution < 1.29 is 4.79 Å².